The summed E-state index contributed by atoms with van der Waals surface area (Å²) in [6, 6.07) is 11.7. The molecule has 192 valence electrons. The number of thioether (sulfide) groups is 1. The van der Waals surface area contributed by atoms with E-state index in [9.17, 15) is 4.79 Å². The molecule has 4 aromatic rings. The third-order valence-corrected chi connectivity index (χ3v) is 8.22. The quantitative estimate of drug-likeness (QED) is 0.146. The number of benzene rings is 2. The molecule has 2 aromatic heterocycles. The van der Waals surface area contributed by atoms with E-state index in [0.29, 0.717) is 28.4 Å². The van der Waals surface area contributed by atoms with Gasteiger partial charge < -0.3 is 10.1 Å². The first-order valence-corrected chi connectivity index (χ1v) is 14.4. The number of aromatic nitrogens is 4. The Morgan fingerprint density at radius 2 is 1.97 bits per heavy atom. The predicted molar refractivity (Wildman–Crippen MR) is 155 cm³/mol. The molecule has 0 bridgehead atoms. The van der Waals surface area contributed by atoms with Gasteiger partial charge in [-0.15, -0.1) is 28.1 Å². The zero-order valence-electron chi connectivity index (χ0n) is 20.5. The number of ether oxygens (including phenoxy) is 1. The maximum atomic E-state index is 12.6. The summed E-state index contributed by atoms with van der Waals surface area (Å²) in [5, 5.41) is 15.3. The number of nitrogens with one attached hydrogen (secondary N) is 1. The van der Waals surface area contributed by atoms with Crippen LogP contribution in [0.4, 0.5) is 5.13 Å². The van der Waals surface area contributed by atoms with E-state index in [1.54, 1.807) is 6.08 Å². The zero-order valence-corrected chi connectivity index (χ0v) is 24.5. The zero-order chi connectivity index (χ0) is 26.5. The van der Waals surface area contributed by atoms with Crippen molar-refractivity contribution in [1.29, 1.82) is 0 Å². The van der Waals surface area contributed by atoms with Crippen LogP contribution < -0.4 is 10.1 Å². The van der Waals surface area contributed by atoms with E-state index in [1.807, 2.05) is 67.1 Å². The van der Waals surface area contributed by atoms with Crippen LogP contribution in [0.25, 0.3) is 11.3 Å². The minimum absolute atomic E-state index is 0.160. The topological polar surface area (TPSA) is 81.9 Å². The van der Waals surface area contributed by atoms with E-state index < -0.39 is 0 Å². The molecule has 2 aromatic carbocycles. The number of carbonyl (C=O) groups is 1. The molecule has 37 heavy (non-hydrogen) atoms. The third-order valence-electron chi connectivity index (χ3n) is 5.37. The van der Waals surface area contributed by atoms with Crippen molar-refractivity contribution in [2.45, 2.75) is 38.6 Å². The second-order valence-electron chi connectivity index (χ2n) is 8.25. The summed E-state index contributed by atoms with van der Waals surface area (Å²) in [4.78, 5) is 17.2. The van der Waals surface area contributed by atoms with E-state index in [1.165, 1.54) is 23.1 Å². The highest BCUT2D eigenvalue weighted by Crippen LogP contribution is 2.30. The maximum absolute atomic E-state index is 12.6. The smallest absolute Gasteiger partial charge is 0.236 e. The summed E-state index contributed by atoms with van der Waals surface area (Å²) in [7, 11) is 0. The number of carbonyl (C=O) groups excluding carboxylic acids is 1. The highest BCUT2D eigenvalue weighted by Gasteiger charge is 2.20. The lowest BCUT2D eigenvalue weighted by Crippen LogP contribution is -2.15. The number of aryl methyl sites for hydroxylation is 2. The number of hydrogen-bond acceptors (Lipinski definition) is 7. The summed E-state index contributed by atoms with van der Waals surface area (Å²) < 4.78 is 9.06. The molecule has 7 nitrogen and oxygen atoms in total. The highest BCUT2D eigenvalue weighted by atomic mass is 79.9. The van der Waals surface area contributed by atoms with Crippen LogP contribution in [0.2, 0.25) is 5.02 Å². The average Bonchev–Trinajstić information content (AvgIpc) is 3.49. The van der Waals surface area contributed by atoms with Crippen molar-refractivity contribution < 1.29 is 9.53 Å². The monoisotopic (exact) mass is 617 g/mol. The molecule has 0 aliphatic rings. The van der Waals surface area contributed by atoms with Gasteiger partial charge >= 0.3 is 0 Å². The minimum atomic E-state index is -0.372. The summed E-state index contributed by atoms with van der Waals surface area (Å²) >= 11 is 12.4. The number of halogens is 2. The van der Waals surface area contributed by atoms with E-state index in [2.05, 4.69) is 43.0 Å². The molecule has 0 saturated heterocycles. The van der Waals surface area contributed by atoms with E-state index in [0.717, 1.165) is 31.9 Å². The van der Waals surface area contributed by atoms with Crippen LogP contribution in [-0.4, -0.2) is 31.4 Å². The van der Waals surface area contributed by atoms with Crippen LogP contribution in [0, 0.1) is 13.8 Å². The van der Waals surface area contributed by atoms with Gasteiger partial charge in [0.15, 0.2) is 22.2 Å². The van der Waals surface area contributed by atoms with Crippen molar-refractivity contribution in [2.75, 3.05) is 11.1 Å². The molecular weight excluding hydrogens is 594 g/mol. The minimum Gasteiger partial charge on any atom is -0.483 e. The van der Waals surface area contributed by atoms with Gasteiger partial charge in [-0.2, -0.15) is 0 Å². The summed E-state index contributed by atoms with van der Waals surface area (Å²) in [5.74, 6) is 1.34. The number of thiazole rings is 1. The fraction of sp³-hybridized carbons (Fsp3) is 0.231. The predicted octanol–water partition coefficient (Wildman–Crippen LogP) is 7.49. The molecule has 11 heteroatoms. The lowest BCUT2D eigenvalue weighted by Gasteiger charge is -2.17. The standard InChI is InChI=1S/C26H25BrClN5O2S2/c1-5-10-33-24(17(4)35-20-11-15(2)23(28)16(3)12-20)31-32-26(33)37-14-22(34)30-25-29-21(13-36-25)18-6-8-19(27)9-7-18/h5-9,11-13,17H,1,10,14H2,2-4H3,(H,29,30,34). The van der Waals surface area contributed by atoms with Crippen molar-refractivity contribution in [3.63, 3.8) is 0 Å². The van der Waals surface area contributed by atoms with Gasteiger partial charge in [0.1, 0.15) is 5.75 Å². The number of anilines is 1. The number of allylic oxidation sites excluding steroid dienone is 1. The molecule has 0 aliphatic heterocycles. The third kappa shape index (κ3) is 6.81. The Morgan fingerprint density at radius 1 is 1.27 bits per heavy atom. The van der Waals surface area contributed by atoms with Gasteiger partial charge in [0.25, 0.3) is 0 Å². The molecular formula is C26H25BrClN5O2S2. The first-order valence-electron chi connectivity index (χ1n) is 11.4. The Hall–Kier alpha value is -2.66. The van der Waals surface area contributed by atoms with Gasteiger partial charge in [0, 0.05) is 27.0 Å². The fourth-order valence-electron chi connectivity index (χ4n) is 3.61. The molecule has 1 unspecified atom stereocenters. The highest BCUT2D eigenvalue weighted by molar-refractivity contribution is 9.10. The molecule has 0 spiro atoms. The second-order valence-corrected chi connectivity index (χ2v) is 11.3. The molecule has 2 heterocycles. The van der Waals surface area contributed by atoms with Gasteiger partial charge in [-0.25, -0.2) is 4.98 Å². The van der Waals surface area contributed by atoms with Gasteiger partial charge in [0.2, 0.25) is 5.91 Å². The number of rotatable bonds is 10. The fourth-order valence-corrected chi connectivity index (χ4v) is 5.47. The van der Waals surface area contributed by atoms with Crippen molar-refractivity contribution in [2.24, 2.45) is 0 Å². The average molecular weight is 619 g/mol. The molecule has 0 radical (unpaired) electrons. The SMILES string of the molecule is C=CCn1c(SCC(=O)Nc2nc(-c3ccc(Br)cc3)cs2)nnc1C(C)Oc1cc(C)c(Cl)c(C)c1. The van der Waals surface area contributed by atoms with Gasteiger partial charge in [0.05, 0.1) is 11.4 Å². The number of amides is 1. The van der Waals surface area contributed by atoms with Gasteiger partial charge in [-0.3, -0.25) is 9.36 Å². The molecule has 0 aliphatic carbocycles. The maximum Gasteiger partial charge on any atom is 0.236 e. The Labute approximate surface area is 237 Å². The summed E-state index contributed by atoms with van der Waals surface area (Å²) in [5.41, 5.74) is 3.70. The molecule has 1 amide bonds. The van der Waals surface area contributed by atoms with Crippen LogP contribution in [-0.2, 0) is 11.3 Å². The van der Waals surface area contributed by atoms with E-state index in [-0.39, 0.29) is 17.8 Å². The van der Waals surface area contributed by atoms with Crippen molar-refractivity contribution in [3.8, 4) is 17.0 Å². The van der Waals surface area contributed by atoms with Crippen LogP contribution in [0.1, 0.15) is 30.0 Å². The Kier molecular flexibility index (Phi) is 9.07. The molecule has 1 N–H and O–H groups in total. The first kappa shape index (κ1) is 27.4. The van der Waals surface area contributed by atoms with Crippen molar-refractivity contribution >= 4 is 61.7 Å². The van der Waals surface area contributed by atoms with Crippen LogP contribution in [0.5, 0.6) is 5.75 Å². The van der Waals surface area contributed by atoms with Crippen LogP contribution in [0.3, 0.4) is 0 Å². The van der Waals surface area contributed by atoms with E-state index >= 15 is 0 Å². The Bertz CT molecular complexity index is 1400. The number of nitrogens with zero attached hydrogens (tertiary/aromatic N) is 4. The van der Waals surface area contributed by atoms with Crippen LogP contribution in [0.15, 0.2) is 64.1 Å². The Balaban J connectivity index is 1.40. The normalized spacial score (nSPS) is 11.8. The lowest BCUT2D eigenvalue weighted by atomic mass is 10.1. The molecule has 4 rings (SSSR count). The molecule has 1 atom stereocenters. The van der Waals surface area contributed by atoms with Gasteiger partial charge in [-0.05, 0) is 56.2 Å². The number of hydrogen-bond donors (Lipinski definition) is 1. The van der Waals surface area contributed by atoms with Crippen molar-refractivity contribution in [1.82, 2.24) is 19.7 Å². The largest absolute Gasteiger partial charge is 0.483 e. The molecule has 0 saturated carbocycles. The molecule has 0 fully saturated rings. The second kappa shape index (κ2) is 12.3. The first-order chi connectivity index (χ1) is 17.7. The lowest BCUT2D eigenvalue weighted by molar-refractivity contribution is -0.113. The van der Waals surface area contributed by atoms with Crippen molar-refractivity contribution in [3.05, 3.63) is 80.9 Å². The van der Waals surface area contributed by atoms with E-state index in [4.69, 9.17) is 16.3 Å². The Morgan fingerprint density at radius 3 is 2.65 bits per heavy atom. The summed E-state index contributed by atoms with van der Waals surface area (Å²) in [6.45, 7) is 10.1. The summed E-state index contributed by atoms with van der Waals surface area (Å²) in [6.07, 6.45) is 1.39. The van der Waals surface area contributed by atoms with Crippen LogP contribution >= 0.6 is 50.6 Å². The van der Waals surface area contributed by atoms with Gasteiger partial charge in [-0.1, -0.05) is 57.5 Å².